The summed E-state index contributed by atoms with van der Waals surface area (Å²) >= 11 is 0. The van der Waals surface area contributed by atoms with Crippen LogP contribution in [0.5, 0.6) is 0 Å². The molecule has 0 atom stereocenters. The molecule has 4 nitrogen and oxygen atoms in total. The van der Waals surface area contributed by atoms with Gasteiger partial charge in [0.1, 0.15) is 0 Å². The monoisotopic (exact) mass is 316 g/mol. The van der Waals surface area contributed by atoms with Crippen LogP contribution in [0, 0.1) is 5.41 Å². The van der Waals surface area contributed by atoms with Crippen molar-refractivity contribution in [2.75, 3.05) is 19.8 Å². The third-order valence-electron chi connectivity index (χ3n) is 4.03. The van der Waals surface area contributed by atoms with Gasteiger partial charge in [0.15, 0.2) is 0 Å². The van der Waals surface area contributed by atoms with E-state index in [9.17, 15) is 18.0 Å². The van der Waals surface area contributed by atoms with E-state index in [1.165, 1.54) is 6.07 Å². The van der Waals surface area contributed by atoms with Crippen molar-refractivity contribution in [2.24, 2.45) is 11.1 Å². The number of alkyl halides is 3. The van der Waals surface area contributed by atoms with E-state index in [0.717, 1.165) is 12.1 Å². The number of halogens is 3. The van der Waals surface area contributed by atoms with Crippen LogP contribution < -0.4 is 11.1 Å². The van der Waals surface area contributed by atoms with Crippen molar-refractivity contribution in [2.45, 2.75) is 25.6 Å². The Morgan fingerprint density at radius 2 is 2.00 bits per heavy atom. The molecule has 3 N–H and O–H groups in total. The molecule has 1 aromatic rings. The molecule has 0 spiro atoms. The van der Waals surface area contributed by atoms with Gasteiger partial charge >= 0.3 is 6.18 Å². The molecular formula is C15H19F3N2O2. The minimum atomic E-state index is -4.39. The highest BCUT2D eigenvalue weighted by atomic mass is 19.4. The van der Waals surface area contributed by atoms with Crippen molar-refractivity contribution in [1.29, 1.82) is 0 Å². The Labute approximate surface area is 126 Å². The summed E-state index contributed by atoms with van der Waals surface area (Å²) in [6.07, 6.45) is -3.34. The first-order valence-electron chi connectivity index (χ1n) is 7.10. The highest BCUT2D eigenvalue weighted by Crippen LogP contribution is 2.31. The second-order valence-corrected chi connectivity index (χ2v) is 5.48. The largest absolute Gasteiger partial charge is 0.416 e. The van der Waals surface area contributed by atoms with Crippen LogP contribution in [0.25, 0.3) is 0 Å². The zero-order valence-electron chi connectivity index (χ0n) is 12.1. The lowest BCUT2D eigenvalue weighted by atomic mass is 9.79. The number of rotatable bonds is 4. The molecule has 0 radical (unpaired) electrons. The topological polar surface area (TPSA) is 64.4 Å². The molecule has 0 aromatic heterocycles. The molecule has 2 rings (SSSR count). The number of amides is 1. The van der Waals surface area contributed by atoms with Gasteiger partial charge in [-0.15, -0.1) is 0 Å². The third kappa shape index (κ3) is 3.78. The Bertz CT molecular complexity index is 526. The van der Waals surface area contributed by atoms with Gasteiger partial charge in [0, 0.05) is 26.3 Å². The first kappa shape index (κ1) is 16.8. The first-order valence-corrected chi connectivity index (χ1v) is 7.10. The lowest BCUT2D eigenvalue weighted by Gasteiger charge is -2.34. The average Bonchev–Trinajstić information content (AvgIpc) is 2.52. The molecule has 1 amide bonds. The molecule has 0 bridgehead atoms. The van der Waals surface area contributed by atoms with E-state index >= 15 is 0 Å². The maximum absolute atomic E-state index is 12.7. The van der Waals surface area contributed by atoms with E-state index in [0.29, 0.717) is 31.6 Å². The number of benzene rings is 1. The fourth-order valence-electron chi connectivity index (χ4n) is 2.51. The molecule has 0 saturated carbocycles. The van der Waals surface area contributed by atoms with Crippen molar-refractivity contribution in [1.82, 2.24) is 5.32 Å². The van der Waals surface area contributed by atoms with E-state index < -0.39 is 17.2 Å². The van der Waals surface area contributed by atoms with Crippen LogP contribution >= 0.6 is 0 Å². The molecule has 22 heavy (non-hydrogen) atoms. The third-order valence-corrected chi connectivity index (χ3v) is 4.03. The van der Waals surface area contributed by atoms with Gasteiger partial charge in [0.2, 0.25) is 5.91 Å². The fraction of sp³-hybridized carbons (Fsp3) is 0.533. The number of hydrogen-bond donors (Lipinski definition) is 2. The number of nitrogens with two attached hydrogens (primary N) is 1. The lowest BCUT2D eigenvalue weighted by molar-refractivity contribution is -0.137. The molecule has 7 heteroatoms. The van der Waals surface area contributed by atoms with E-state index in [4.69, 9.17) is 10.5 Å². The van der Waals surface area contributed by atoms with Crippen LogP contribution in [-0.4, -0.2) is 25.7 Å². The summed E-state index contributed by atoms with van der Waals surface area (Å²) in [6, 6.07) is 4.93. The van der Waals surface area contributed by atoms with Gasteiger partial charge in [0.25, 0.3) is 0 Å². The van der Waals surface area contributed by atoms with Gasteiger partial charge in [-0.2, -0.15) is 13.2 Å². The summed E-state index contributed by atoms with van der Waals surface area (Å²) in [4.78, 5) is 12.3. The van der Waals surface area contributed by atoms with Crippen LogP contribution in [0.15, 0.2) is 24.3 Å². The second-order valence-electron chi connectivity index (χ2n) is 5.48. The maximum Gasteiger partial charge on any atom is 0.416 e. The SMILES string of the molecule is NCC1(C(=O)NCc2cccc(C(F)(F)F)c2)CCOCC1. The maximum atomic E-state index is 12.7. The van der Waals surface area contributed by atoms with Gasteiger partial charge in [-0.05, 0) is 30.5 Å². The van der Waals surface area contributed by atoms with Crippen LogP contribution in [0.1, 0.15) is 24.0 Å². The van der Waals surface area contributed by atoms with Crippen LogP contribution in [0.3, 0.4) is 0 Å². The Hall–Kier alpha value is -1.60. The summed E-state index contributed by atoms with van der Waals surface area (Å²) < 4.78 is 43.2. The molecule has 1 saturated heterocycles. The van der Waals surface area contributed by atoms with Crippen molar-refractivity contribution in [3.8, 4) is 0 Å². The molecule has 1 fully saturated rings. The molecule has 0 aliphatic carbocycles. The smallest absolute Gasteiger partial charge is 0.381 e. The number of ether oxygens (including phenoxy) is 1. The van der Waals surface area contributed by atoms with Gasteiger partial charge in [0.05, 0.1) is 11.0 Å². The van der Waals surface area contributed by atoms with Gasteiger partial charge in [-0.1, -0.05) is 12.1 Å². The first-order chi connectivity index (χ1) is 10.4. The molecule has 122 valence electrons. The summed E-state index contributed by atoms with van der Waals surface area (Å²) in [5.41, 5.74) is 4.73. The average molecular weight is 316 g/mol. The highest BCUT2D eigenvalue weighted by Gasteiger charge is 2.38. The van der Waals surface area contributed by atoms with E-state index in [2.05, 4.69) is 5.32 Å². The van der Waals surface area contributed by atoms with Crippen LogP contribution in [-0.2, 0) is 22.3 Å². The van der Waals surface area contributed by atoms with Gasteiger partial charge in [-0.25, -0.2) is 0 Å². The summed E-state index contributed by atoms with van der Waals surface area (Å²) in [5, 5.41) is 2.70. The second kappa shape index (κ2) is 6.66. The summed E-state index contributed by atoms with van der Waals surface area (Å²) in [5.74, 6) is -0.226. The zero-order valence-corrected chi connectivity index (χ0v) is 12.1. The highest BCUT2D eigenvalue weighted by molar-refractivity contribution is 5.83. The molecule has 1 aliphatic rings. The van der Waals surface area contributed by atoms with E-state index in [-0.39, 0.29) is 19.0 Å². The van der Waals surface area contributed by atoms with Gasteiger partial charge < -0.3 is 15.8 Å². The van der Waals surface area contributed by atoms with Crippen molar-refractivity contribution in [3.63, 3.8) is 0 Å². The molecule has 1 aromatic carbocycles. The number of hydrogen-bond acceptors (Lipinski definition) is 3. The van der Waals surface area contributed by atoms with Crippen molar-refractivity contribution >= 4 is 5.91 Å². The Morgan fingerprint density at radius 3 is 2.59 bits per heavy atom. The standard InChI is InChI=1S/C15H19F3N2O2/c16-15(17,18)12-3-1-2-11(8-12)9-20-13(21)14(10-19)4-6-22-7-5-14/h1-3,8H,4-7,9-10,19H2,(H,20,21). The van der Waals surface area contributed by atoms with E-state index in [1.807, 2.05) is 0 Å². The number of nitrogens with one attached hydrogen (secondary N) is 1. The predicted molar refractivity (Wildman–Crippen MR) is 74.8 cm³/mol. The quantitative estimate of drug-likeness (QED) is 0.894. The molecule has 1 aliphatic heterocycles. The predicted octanol–water partition coefficient (Wildman–Crippen LogP) is 2.08. The summed E-state index contributed by atoms with van der Waals surface area (Å²) in [6.45, 7) is 1.18. The minimum absolute atomic E-state index is 0.0470. The Morgan fingerprint density at radius 1 is 1.32 bits per heavy atom. The van der Waals surface area contributed by atoms with Gasteiger partial charge in [-0.3, -0.25) is 4.79 Å². The normalized spacial score (nSPS) is 18.0. The zero-order chi connectivity index (χ0) is 16.2. The lowest BCUT2D eigenvalue weighted by Crippen LogP contribution is -2.48. The van der Waals surface area contributed by atoms with E-state index in [1.54, 1.807) is 6.07 Å². The fourth-order valence-corrected chi connectivity index (χ4v) is 2.51. The van der Waals surface area contributed by atoms with Crippen LogP contribution in [0.4, 0.5) is 13.2 Å². The molecular weight excluding hydrogens is 297 g/mol. The van der Waals surface area contributed by atoms with Crippen LogP contribution in [0.2, 0.25) is 0 Å². The van der Waals surface area contributed by atoms with Crippen molar-refractivity contribution in [3.05, 3.63) is 35.4 Å². The number of carbonyl (C=O) groups is 1. The summed E-state index contributed by atoms with van der Waals surface area (Å²) in [7, 11) is 0. The minimum Gasteiger partial charge on any atom is -0.381 e. The molecule has 1 heterocycles. The number of carbonyl (C=O) groups excluding carboxylic acids is 1. The Kier molecular flexibility index (Phi) is 5.08. The Balaban J connectivity index is 2.01. The van der Waals surface area contributed by atoms with Crippen molar-refractivity contribution < 1.29 is 22.7 Å². The molecule has 0 unspecified atom stereocenters.